The van der Waals surface area contributed by atoms with Gasteiger partial charge < -0.3 is 10.2 Å². The van der Waals surface area contributed by atoms with E-state index in [4.69, 9.17) is 9.97 Å². The molecule has 154 valence electrons. The van der Waals surface area contributed by atoms with Crippen LogP contribution < -0.4 is 5.32 Å². The van der Waals surface area contributed by atoms with Crippen molar-refractivity contribution in [2.24, 2.45) is 0 Å². The highest BCUT2D eigenvalue weighted by atomic mass is 16.2. The van der Waals surface area contributed by atoms with E-state index in [0.29, 0.717) is 18.4 Å². The van der Waals surface area contributed by atoms with Crippen LogP contribution in [0, 0.1) is 0 Å². The maximum Gasteiger partial charge on any atom is 0.219 e. The summed E-state index contributed by atoms with van der Waals surface area (Å²) in [6, 6.07) is 20.4. The number of nitrogens with one attached hydrogen (secondary N) is 1. The van der Waals surface area contributed by atoms with Gasteiger partial charge in [0.25, 0.3) is 0 Å². The zero-order valence-electron chi connectivity index (χ0n) is 17.3. The van der Waals surface area contributed by atoms with Crippen molar-refractivity contribution < 1.29 is 4.79 Å². The smallest absolute Gasteiger partial charge is 0.219 e. The predicted octanol–water partition coefficient (Wildman–Crippen LogP) is 4.95. The summed E-state index contributed by atoms with van der Waals surface area (Å²) in [6.07, 6.45) is 5.73. The van der Waals surface area contributed by atoms with Crippen LogP contribution in [-0.2, 0) is 11.3 Å². The molecular formula is C25H23N5O. The Kier molecular flexibility index (Phi) is 5.04. The van der Waals surface area contributed by atoms with E-state index in [1.165, 1.54) is 0 Å². The van der Waals surface area contributed by atoms with E-state index in [2.05, 4.69) is 22.4 Å². The van der Waals surface area contributed by atoms with Gasteiger partial charge in [0, 0.05) is 48.5 Å². The lowest BCUT2D eigenvalue weighted by molar-refractivity contribution is -0.130. The fourth-order valence-corrected chi connectivity index (χ4v) is 3.71. The highest BCUT2D eigenvalue weighted by molar-refractivity contribution is 5.92. The van der Waals surface area contributed by atoms with Crippen LogP contribution in [0.15, 0.2) is 73.1 Å². The lowest BCUT2D eigenvalue weighted by Crippen LogP contribution is -2.30. The first kappa shape index (κ1) is 19.2. The van der Waals surface area contributed by atoms with E-state index >= 15 is 0 Å². The molecule has 1 amide bonds. The van der Waals surface area contributed by atoms with Gasteiger partial charge >= 0.3 is 0 Å². The van der Waals surface area contributed by atoms with Gasteiger partial charge in [-0.15, -0.1) is 0 Å². The molecule has 0 unspecified atom stereocenters. The molecule has 1 fully saturated rings. The van der Waals surface area contributed by atoms with Crippen LogP contribution in [0.25, 0.3) is 22.3 Å². The van der Waals surface area contributed by atoms with Gasteiger partial charge in [-0.3, -0.25) is 9.78 Å². The highest BCUT2D eigenvalue weighted by Crippen LogP contribution is 2.30. The highest BCUT2D eigenvalue weighted by Gasteiger charge is 2.30. The number of fused-ring (bicyclic) bond motifs is 1. The number of benzene rings is 2. The minimum absolute atomic E-state index is 0.139. The normalized spacial score (nSPS) is 13.2. The number of hydrogen-bond acceptors (Lipinski definition) is 5. The van der Waals surface area contributed by atoms with E-state index in [1.807, 2.05) is 53.4 Å². The molecule has 6 nitrogen and oxygen atoms in total. The summed E-state index contributed by atoms with van der Waals surface area (Å²) in [5.74, 6) is 1.52. The molecular weight excluding hydrogens is 386 g/mol. The van der Waals surface area contributed by atoms with Crippen LogP contribution in [0.1, 0.15) is 25.3 Å². The zero-order chi connectivity index (χ0) is 21.2. The van der Waals surface area contributed by atoms with Gasteiger partial charge in [0.2, 0.25) is 5.91 Å². The van der Waals surface area contributed by atoms with Crippen molar-refractivity contribution >= 4 is 28.3 Å². The summed E-state index contributed by atoms with van der Waals surface area (Å²) in [7, 11) is 0. The number of hydrogen-bond donors (Lipinski definition) is 1. The van der Waals surface area contributed by atoms with Gasteiger partial charge in [-0.1, -0.05) is 24.3 Å². The average Bonchev–Trinajstić information content (AvgIpc) is 3.64. The number of rotatable bonds is 6. The number of nitrogens with zero attached hydrogens (tertiary/aromatic N) is 4. The number of aromatic nitrogens is 3. The van der Waals surface area contributed by atoms with Gasteiger partial charge in [0.15, 0.2) is 5.82 Å². The zero-order valence-corrected chi connectivity index (χ0v) is 17.3. The first-order valence-corrected chi connectivity index (χ1v) is 10.5. The molecule has 1 aliphatic carbocycles. The third-order valence-electron chi connectivity index (χ3n) is 5.48. The Morgan fingerprint density at radius 2 is 1.84 bits per heavy atom. The van der Waals surface area contributed by atoms with Crippen LogP contribution in [-0.4, -0.2) is 31.8 Å². The minimum Gasteiger partial charge on any atom is -0.340 e. The number of pyridine rings is 1. The first-order chi connectivity index (χ1) is 15.2. The van der Waals surface area contributed by atoms with E-state index in [9.17, 15) is 4.79 Å². The van der Waals surface area contributed by atoms with Crippen LogP contribution in [0.2, 0.25) is 0 Å². The number of anilines is 2. The molecule has 2 aromatic heterocycles. The maximum atomic E-state index is 11.9. The largest absolute Gasteiger partial charge is 0.340 e. The Morgan fingerprint density at radius 3 is 2.55 bits per heavy atom. The molecule has 4 aromatic rings. The standard InChI is InChI=1S/C25H23N5O/c1-17(31)30(21-12-13-21)16-18-8-10-20(11-9-18)27-25-22-6-2-3-7-23(22)28-24(29-25)19-5-4-14-26-15-19/h2-11,14-15,21H,12-13,16H2,1H3,(H,27,28,29). The first-order valence-electron chi connectivity index (χ1n) is 10.5. The molecule has 0 atom stereocenters. The molecule has 31 heavy (non-hydrogen) atoms. The average molecular weight is 409 g/mol. The Hall–Kier alpha value is -3.80. The second-order valence-corrected chi connectivity index (χ2v) is 7.85. The molecule has 0 saturated heterocycles. The van der Waals surface area contributed by atoms with Gasteiger partial charge in [0.1, 0.15) is 5.82 Å². The Labute approximate surface area is 181 Å². The van der Waals surface area contributed by atoms with Crippen molar-refractivity contribution in [2.75, 3.05) is 5.32 Å². The van der Waals surface area contributed by atoms with E-state index in [1.54, 1.807) is 19.3 Å². The molecule has 1 saturated carbocycles. The van der Waals surface area contributed by atoms with Crippen molar-refractivity contribution in [1.29, 1.82) is 0 Å². The second kappa shape index (κ2) is 8.14. The van der Waals surface area contributed by atoms with Gasteiger partial charge in [-0.2, -0.15) is 0 Å². The third-order valence-corrected chi connectivity index (χ3v) is 5.48. The van der Waals surface area contributed by atoms with Gasteiger partial charge in [-0.05, 0) is 54.8 Å². The number of para-hydroxylation sites is 1. The number of carbonyl (C=O) groups is 1. The third kappa shape index (κ3) is 4.23. The Balaban J connectivity index is 1.43. The van der Waals surface area contributed by atoms with E-state index in [0.717, 1.165) is 46.4 Å². The summed E-state index contributed by atoms with van der Waals surface area (Å²) in [6.45, 7) is 2.30. The molecule has 0 radical (unpaired) electrons. The van der Waals surface area contributed by atoms with E-state index in [-0.39, 0.29) is 5.91 Å². The topological polar surface area (TPSA) is 71.0 Å². The van der Waals surface area contributed by atoms with Crippen LogP contribution in [0.5, 0.6) is 0 Å². The Bertz CT molecular complexity index is 1220. The van der Waals surface area contributed by atoms with Crippen molar-refractivity contribution in [2.45, 2.75) is 32.4 Å². The summed E-state index contributed by atoms with van der Waals surface area (Å²) in [4.78, 5) is 27.5. The van der Waals surface area contributed by atoms with Crippen molar-refractivity contribution in [3.05, 3.63) is 78.6 Å². The lowest BCUT2D eigenvalue weighted by atomic mass is 10.1. The van der Waals surface area contributed by atoms with E-state index < -0.39 is 0 Å². The molecule has 0 bridgehead atoms. The molecule has 6 heteroatoms. The predicted molar refractivity (Wildman–Crippen MR) is 122 cm³/mol. The Morgan fingerprint density at radius 1 is 1.03 bits per heavy atom. The fourth-order valence-electron chi connectivity index (χ4n) is 3.71. The van der Waals surface area contributed by atoms with Crippen molar-refractivity contribution in [3.8, 4) is 11.4 Å². The van der Waals surface area contributed by atoms with Crippen LogP contribution in [0.4, 0.5) is 11.5 Å². The second-order valence-electron chi connectivity index (χ2n) is 7.85. The van der Waals surface area contributed by atoms with Crippen molar-refractivity contribution in [1.82, 2.24) is 19.9 Å². The maximum absolute atomic E-state index is 11.9. The summed E-state index contributed by atoms with van der Waals surface area (Å²) < 4.78 is 0. The molecule has 1 aliphatic rings. The quantitative estimate of drug-likeness (QED) is 0.488. The van der Waals surface area contributed by atoms with Crippen molar-refractivity contribution in [3.63, 3.8) is 0 Å². The molecule has 2 aromatic carbocycles. The number of amides is 1. The minimum atomic E-state index is 0.139. The SMILES string of the molecule is CC(=O)N(Cc1ccc(Nc2nc(-c3cccnc3)nc3ccccc23)cc1)C1CC1. The molecule has 5 rings (SSSR count). The fraction of sp³-hybridized carbons (Fsp3) is 0.200. The summed E-state index contributed by atoms with van der Waals surface area (Å²) in [5, 5.41) is 4.40. The van der Waals surface area contributed by atoms with Crippen LogP contribution in [0.3, 0.4) is 0 Å². The number of carbonyl (C=O) groups excluding carboxylic acids is 1. The molecule has 2 heterocycles. The molecule has 0 spiro atoms. The molecule has 1 N–H and O–H groups in total. The molecule has 0 aliphatic heterocycles. The van der Waals surface area contributed by atoms with Gasteiger partial charge in [0.05, 0.1) is 5.52 Å². The summed E-state index contributed by atoms with van der Waals surface area (Å²) in [5.41, 5.74) is 3.80. The monoisotopic (exact) mass is 409 g/mol. The summed E-state index contributed by atoms with van der Waals surface area (Å²) >= 11 is 0. The van der Waals surface area contributed by atoms with Crippen LogP contribution >= 0.6 is 0 Å². The lowest BCUT2D eigenvalue weighted by Gasteiger charge is -2.20. The van der Waals surface area contributed by atoms with Gasteiger partial charge in [-0.25, -0.2) is 9.97 Å².